The van der Waals surface area contributed by atoms with Crippen LogP contribution in [0.2, 0.25) is 0 Å². The summed E-state index contributed by atoms with van der Waals surface area (Å²) in [5.41, 5.74) is 0.808. The van der Waals surface area contributed by atoms with Crippen molar-refractivity contribution >= 4 is 17.7 Å². The smallest absolute Gasteiger partial charge is 0.233 e. The summed E-state index contributed by atoms with van der Waals surface area (Å²) in [5, 5.41) is 8.72. The first kappa shape index (κ1) is 15.9. The van der Waals surface area contributed by atoms with Crippen LogP contribution in [0.25, 0.3) is 11.4 Å². The van der Waals surface area contributed by atoms with E-state index in [2.05, 4.69) is 17.1 Å². The lowest BCUT2D eigenvalue weighted by Crippen LogP contribution is -2.43. The van der Waals surface area contributed by atoms with Gasteiger partial charge in [0.25, 0.3) is 0 Å². The number of carbonyl (C=O) groups excluding carboxylic acids is 1. The largest absolute Gasteiger partial charge is 0.469 e. The Kier molecular flexibility index (Phi) is 4.61. The van der Waals surface area contributed by atoms with Gasteiger partial charge in [-0.15, -0.1) is 10.2 Å². The molecule has 2 aromatic rings. The third kappa shape index (κ3) is 3.21. The molecule has 0 radical (unpaired) electrons. The Morgan fingerprint density at radius 1 is 1.48 bits per heavy atom. The minimum Gasteiger partial charge on any atom is -0.469 e. The number of hydrogen-bond donors (Lipinski definition) is 1. The van der Waals surface area contributed by atoms with Gasteiger partial charge in [0.05, 0.1) is 17.6 Å². The molecule has 1 unspecified atom stereocenters. The lowest BCUT2D eigenvalue weighted by molar-refractivity contribution is -0.131. The summed E-state index contributed by atoms with van der Waals surface area (Å²) in [6, 6.07) is 2.12. The van der Waals surface area contributed by atoms with Crippen LogP contribution in [0.3, 0.4) is 0 Å². The second-order valence-corrected chi connectivity index (χ2v) is 6.73. The van der Waals surface area contributed by atoms with Crippen molar-refractivity contribution in [3.8, 4) is 11.4 Å². The summed E-state index contributed by atoms with van der Waals surface area (Å²) in [6.07, 6.45) is 4.95. The number of nitrogens with zero attached hydrogens (tertiary/aromatic N) is 4. The number of carbonyl (C=O) groups is 1. The number of nitrogen functional groups attached to an aromatic ring is 1. The molecule has 3 rings (SSSR count). The van der Waals surface area contributed by atoms with E-state index < -0.39 is 0 Å². The zero-order valence-electron chi connectivity index (χ0n) is 13.4. The highest BCUT2D eigenvalue weighted by Gasteiger charge is 2.24. The number of hydrogen-bond acceptors (Lipinski definition) is 6. The lowest BCUT2D eigenvalue weighted by Gasteiger charge is -2.33. The molecule has 0 bridgehead atoms. The normalized spacial score (nSPS) is 18.3. The maximum atomic E-state index is 12.4. The summed E-state index contributed by atoms with van der Waals surface area (Å²) in [5.74, 6) is 7.79. The molecular formula is C15H21N5O2S. The van der Waals surface area contributed by atoms with E-state index in [-0.39, 0.29) is 5.91 Å². The average Bonchev–Trinajstić information content (AvgIpc) is 3.11. The van der Waals surface area contributed by atoms with Crippen molar-refractivity contribution in [3.05, 3.63) is 18.1 Å². The molecule has 124 valence electrons. The molecular weight excluding hydrogens is 314 g/mol. The number of furan rings is 1. The van der Waals surface area contributed by atoms with Crippen LogP contribution in [0.1, 0.15) is 31.9 Å². The zero-order valence-corrected chi connectivity index (χ0v) is 14.2. The molecule has 1 amide bonds. The van der Waals surface area contributed by atoms with Gasteiger partial charge in [0.1, 0.15) is 5.76 Å². The van der Waals surface area contributed by atoms with Crippen molar-refractivity contribution in [1.29, 1.82) is 0 Å². The van der Waals surface area contributed by atoms with E-state index >= 15 is 0 Å². The number of likely N-dealkylation sites (tertiary alicyclic amines) is 1. The van der Waals surface area contributed by atoms with Gasteiger partial charge in [-0.1, -0.05) is 11.8 Å². The molecule has 7 nitrogen and oxygen atoms in total. The molecule has 0 saturated carbocycles. The fourth-order valence-electron chi connectivity index (χ4n) is 2.85. The topological polar surface area (TPSA) is 90.2 Å². The van der Waals surface area contributed by atoms with Gasteiger partial charge in [-0.2, -0.15) is 0 Å². The third-order valence-corrected chi connectivity index (χ3v) is 5.14. The van der Waals surface area contributed by atoms with Gasteiger partial charge in [0.15, 0.2) is 5.82 Å². The van der Waals surface area contributed by atoms with Crippen molar-refractivity contribution in [2.45, 2.75) is 44.3 Å². The van der Waals surface area contributed by atoms with Crippen LogP contribution in [0.5, 0.6) is 0 Å². The second kappa shape index (κ2) is 6.66. The zero-order chi connectivity index (χ0) is 16.4. The first-order valence-corrected chi connectivity index (χ1v) is 8.73. The highest BCUT2D eigenvalue weighted by molar-refractivity contribution is 7.99. The molecule has 0 aromatic carbocycles. The van der Waals surface area contributed by atoms with Crippen LogP contribution in [-0.4, -0.2) is 44.0 Å². The van der Waals surface area contributed by atoms with E-state index in [0.717, 1.165) is 30.7 Å². The average molecular weight is 335 g/mol. The molecule has 1 fully saturated rings. The highest BCUT2D eigenvalue weighted by Crippen LogP contribution is 2.25. The lowest BCUT2D eigenvalue weighted by atomic mass is 10.0. The summed E-state index contributed by atoms with van der Waals surface area (Å²) in [4.78, 5) is 14.3. The minimum absolute atomic E-state index is 0.131. The van der Waals surface area contributed by atoms with Crippen LogP contribution in [0, 0.1) is 6.92 Å². The van der Waals surface area contributed by atoms with Gasteiger partial charge in [-0.05, 0) is 39.2 Å². The molecule has 2 aromatic heterocycles. The number of piperidine rings is 1. The second-order valence-electron chi connectivity index (χ2n) is 5.79. The Bertz CT molecular complexity index is 696. The number of thioether (sulfide) groups is 1. The van der Waals surface area contributed by atoms with Gasteiger partial charge in [-0.3, -0.25) is 4.79 Å². The van der Waals surface area contributed by atoms with Gasteiger partial charge in [0, 0.05) is 12.6 Å². The maximum Gasteiger partial charge on any atom is 0.233 e. The molecule has 1 aliphatic heterocycles. The maximum absolute atomic E-state index is 12.4. The molecule has 0 aliphatic carbocycles. The van der Waals surface area contributed by atoms with Crippen LogP contribution in [-0.2, 0) is 4.79 Å². The van der Waals surface area contributed by atoms with Crippen molar-refractivity contribution in [2.24, 2.45) is 0 Å². The van der Waals surface area contributed by atoms with Crippen molar-refractivity contribution in [2.75, 3.05) is 18.1 Å². The fourth-order valence-corrected chi connectivity index (χ4v) is 3.60. The first-order valence-electron chi connectivity index (χ1n) is 7.75. The quantitative estimate of drug-likeness (QED) is 0.679. The molecule has 2 N–H and O–H groups in total. The van der Waals surface area contributed by atoms with Crippen molar-refractivity contribution in [3.63, 3.8) is 0 Å². The molecule has 0 spiro atoms. The number of nitrogens with two attached hydrogens (primary N) is 1. The van der Waals surface area contributed by atoms with E-state index in [4.69, 9.17) is 10.3 Å². The van der Waals surface area contributed by atoms with Crippen molar-refractivity contribution in [1.82, 2.24) is 19.8 Å². The predicted molar refractivity (Wildman–Crippen MR) is 88.4 cm³/mol. The van der Waals surface area contributed by atoms with E-state index in [9.17, 15) is 4.79 Å². The monoisotopic (exact) mass is 335 g/mol. The fraction of sp³-hybridized carbons (Fsp3) is 0.533. The number of rotatable bonds is 4. The number of aromatic nitrogens is 3. The summed E-state index contributed by atoms with van der Waals surface area (Å²) in [6.45, 7) is 4.79. The predicted octanol–water partition coefficient (Wildman–Crippen LogP) is 2.05. The van der Waals surface area contributed by atoms with E-state index in [1.807, 2.05) is 11.8 Å². The Morgan fingerprint density at radius 2 is 2.30 bits per heavy atom. The van der Waals surface area contributed by atoms with Crippen LogP contribution >= 0.6 is 11.8 Å². The standard InChI is InChI=1S/C15H21N5O2S/c1-10-5-3-4-7-19(10)13(21)9-23-15-18-17-14(20(15)16)12-6-8-22-11(12)2/h6,8,10H,3-5,7,9,16H2,1-2H3. The number of aryl methyl sites for hydroxylation is 1. The van der Waals surface area contributed by atoms with Gasteiger partial charge >= 0.3 is 0 Å². The Balaban J connectivity index is 1.66. The van der Waals surface area contributed by atoms with Crippen molar-refractivity contribution < 1.29 is 9.21 Å². The van der Waals surface area contributed by atoms with E-state index in [1.54, 1.807) is 12.3 Å². The van der Waals surface area contributed by atoms with Crippen LogP contribution in [0.4, 0.5) is 0 Å². The summed E-state index contributed by atoms with van der Waals surface area (Å²) in [7, 11) is 0. The molecule has 1 atom stereocenters. The van der Waals surface area contributed by atoms with Gasteiger partial charge in [-0.25, -0.2) is 4.68 Å². The molecule has 1 aliphatic rings. The van der Waals surface area contributed by atoms with Gasteiger partial charge < -0.3 is 15.2 Å². The number of amides is 1. The molecule has 1 saturated heterocycles. The van der Waals surface area contributed by atoms with Crippen LogP contribution < -0.4 is 5.84 Å². The SMILES string of the molecule is Cc1occc1-c1nnc(SCC(=O)N2CCCCC2C)n1N. The Morgan fingerprint density at radius 3 is 3.00 bits per heavy atom. The summed E-state index contributed by atoms with van der Waals surface area (Å²) >= 11 is 1.32. The Hall–Kier alpha value is -1.96. The Labute approximate surface area is 139 Å². The highest BCUT2D eigenvalue weighted by atomic mass is 32.2. The first-order chi connectivity index (χ1) is 11.1. The van der Waals surface area contributed by atoms with E-state index in [0.29, 0.717) is 22.8 Å². The van der Waals surface area contributed by atoms with Gasteiger partial charge in [0.2, 0.25) is 11.1 Å². The summed E-state index contributed by atoms with van der Waals surface area (Å²) < 4.78 is 6.68. The molecule has 3 heterocycles. The van der Waals surface area contributed by atoms with Crippen LogP contribution in [0.15, 0.2) is 21.9 Å². The minimum atomic E-state index is 0.131. The molecule has 23 heavy (non-hydrogen) atoms. The van der Waals surface area contributed by atoms with E-state index in [1.165, 1.54) is 22.9 Å². The molecule has 8 heteroatoms. The third-order valence-electron chi connectivity index (χ3n) is 4.21.